The van der Waals surface area contributed by atoms with Crippen LogP contribution in [0.4, 0.5) is 5.69 Å². The normalized spacial score (nSPS) is 21.2. The van der Waals surface area contributed by atoms with Crippen LogP contribution in [-0.4, -0.2) is 76.3 Å². The van der Waals surface area contributed by atoms with Crippen LogP contribution in [0.1, 0.15) is 27.9 Å². The minimum Gasteiger partial charge on any atom is -0.336 e. The Morgan fingerprint density at radius 3 is 2.39 bits per heavy atom. The number of sulfone groups is 1. The van der Waals surface area contributed by atoms with Crippen molar-refractivity contribution in [3.05, 3.63) is 59.2 Å². The van der Waals surface area contributed by atoms with Gasteiger partial charge in [-0.15, -0.1) is 0 Å². The van der Waals surface area contributed by atoms with Crippen LogP contribution < -0.4 is 4.72 Å². The third-order valence-electron chi connectivity index (χ3n) is 6.35. The molecule has 0 aromatic heterocycles. The van der Waals surface area contributed by atoms with Crippen molar-refractivity contribution in [2.45, 2.75) is 31.2 Å². The highest BCUT2D eigenvalue weighted by atomic mass is 32.2. The number of nitrogens with zero attached hydrogens (tertiary/aromatic N) is 2. The predicted octanol–water partition coefficient (Wildman–Crippen LogP) is 2.05. The van der Waals surface area contributed by atoms with Crippen LogP contribution in [0.25, 0.3) is 0 Å². The quantitative estimate of drug-likeness (QED) is 0.687. The Morgan fingerprint density at radius 1 is 1.03 bits per heavy atom. The molecule has 2 aliphatic heterocycles. The minimum atomic E-state index is -3.85. The average Bonchev–Trinajstić information content (AvgIpc) is 3.13. The van der Waals surface area contributed by atoms with E-state index >= 15 is 0 Å². The summed E-state index contributed by atoms with van der Waals surface area (Å²) in [6.45, 7) is 5.85. The number of benzene rings is 2. The highest BCUT2D eigenvalue weighted by molar-refractivity contribution is 7.92. The van der Waals surface area contributed by atoms with Crippen molar-refractivity contribution >= 4 is 31.5 Å². The average molecular weight is 492 g/mol. The number of aryl methyl sites for hydroxylation is 2. The number of carbonyl (C=O) groups is 1. The topological polar surface area (TPSA) is 104 Å². The van der Waals surface area contributed by atoms with Gasteiger partial charge >= 0.3 is 0 Å². The number of piperazine rings is 1. The molecule has 2 aromatic rings. The Hall–Kier alpha value is -2.43. The number of hydrogen-bond acceptors (Lipinski definition) is 6. The number of rotatable bonds is 5. The lowest BCUT2D eigenvalue weighted by molar-refractivity contribution is 0.0587. The second-order valence-electron chi connectivity index (χ2n) is 8.84. The van der Waals surface area contributed by atoms with Gasteiger partial charge in [0.05, 0.1) is 16.4 Å². The summed E-state index contributed by atoms with van der Waals surface area (Å²) in [5.74, 6) is 0.209. The van der Waals surface area contributed by atoms with Gasteiger partial charge in [-0.2, -0.15) is 0 Å². The van der Waals surface area contributed by atoms with E-state index in [0.29, 0.717) is 49.4 Å². The SMILES string of the molecule is Cc1cccc(NS(=O)(=O)c2ccc(C)c(C(=O)N3CCN(C4CCS(=O)(=O)C4)CC3)c2)c1. The van der Waals surface area contributed by atoms with Crippen LogP contribution in [-0.2, 0) is 19.9 Å². The summed E-state index contributed by atoms with van der Waals surface area (Å²) < 4.78 is 52.0. The fourth-order valence-corrected chi connectivity index (χ4v) is 7.28. The summed E-state index contributed by atoms with van der Waals surface area (Å²) in [6, 6.07) is 11.7. The van der Waals surface area contributed by atoms with E-state index in [1.807, 2.05) is 13.0 Å². The largest absolute Gasteiger partial charge is 0.336 e. The second-order valence-corrected chi connectivity index (χ2v) is 12.7. The molecule has 178 valence electrons. The first-order chi connectivity index (χ1) is 15.5. The maximum Gasteiger partial charge on any atom is 0.261 e. The van der Waals surface area contributed by atoms with Crippen LogP contribution in [0.3, 0.4) is 0 Å². The number of anilines is 1. The molecule has 2 aliphatic rings. The maximum atomic E-state index is 13.2. The molecule has 2 fully saturated rings. The van der Waals surface area contributed by atoms with Crippen molar-refractivity contribution in [2.75, 3.05) is 42.4 Å². The molecule has 2 aromatic carbocycles. The summed E-state index contributed by atoms with van der Waals surface area (Å²) in [5.41, 5.74) is 2.47. The van der Waals surface area contributed by atoms with Crippen molar-refractivity contribution in [1.29, 1.82) is 0 Å². The van der Waals surface area contributed by atoms with Crippen LogP contribution >= 0.6 is 0 Å². The van der Waals surface area contributed by atoms with Gasteiger partial charge in [0.2, 0.25) is 0 Å². The van der Waals surface area contributed by atoms with Gasteiger partial charge in [-0.05, 0) is 55.7 Å². The molecule has 4 rings (SSSR count). The number of sulfonamides is 1. The Kier molecular flexibility index (Phi) is 6.52. The molecule has 0 aliphatic carbocycles. The second kappa shape index (κ2) is 9.08. The first-order valence-electron chi connectivity index (χ1n) is 11.0. The standard InChI is InChI=1S/C23H29N3O5S2/c1-17-4-3-5-19(14-17)24-33(30,31)21-7-6-18(2)22(15-21)23(27)26-11-9-25(10-12-26)20-8-13-32(28,29)16-20/h3-7,14-15,20,24H,8-13,16H2,1-2H3. The molecule has 0 spiro atoms. The van der Waals surface area contributed by atoms with E-state index in [9.17, 15) is 21.6 Å². The minimum absolute atomic E-state index is 0.0233. The van der Waals surface area contributed by atoms with E-state index in [0.717, 1.165) is 5.56 Å². The zero-order valence-corrected chi connectivity index (χ0v) is 20.5. The summed E-state index contributed by atoms with van der Waals surface area (Å²) in [6.07, 6.45) is 0.642. The Labute approximate surface area is 195 Å². The molecule has 0 saturated carbocycles. The number of nitrogens with one attached hydrogen (secondary N) is 1. The zero-order chi connectivity index (χ0) is 23.8. The fourth-order valence-electron chi connectivity index (χ4n) is 4.45. The maximum absolute atomic E-state index is 13.2. The first-order valence-corrected chi connectivity index (χ1v) is 14.3. The molecule has 1 unspecified atom stereocenters. The summed E-state index contributed by atoms with van der Waals surface area (Å²) in [7, 11) is -6.80. The fraction of sp³-hybridized carbons (Fsp3) is 0.435. The number of carbonyl (C=O) groups excluding carboxylic acids is 1. The molecule has 2 saturated heterocycles. The molecule has 1 N–H and O–H groups in total. The molecule has 2 heterocycles. The first kappa shape index (κ1) is 23.7. The van der Waals surface area contributed by atoms with E-state index in [-0.39, 0.29) is 28.4 Å². The van der Waals surface area contributed by atoms with Crippen LogP contribution in [0.15, 0.2) is 47.4 Å². The van der Waals surface area contributed by atoms with E-state index in [2.05, 4.69) is 9.62 Å². The highest BCUT2D eigenvalue weighted by Gasteiger charge is 2.34. The van der Waals surface area contributed by atoms with Crippen molar-refractivity contribution in [3.63, 3.8) is 0 Å². The van der Waals surface area contributed by atoms with Gasteiger partial charge in [0.15, 0.2) is 9.84 Å². The van der Waals surface area contributed by atoms with Crippen molar-refractivity contribution in [2.24, 2.45) is 0 Å². The number of hydrogen-bond donors (Lipinski definition) is 1. The number of amides is 1. The van der Waals surface area contributed by atoms with E-state index in [4.69, 9.17) is 0 Å². The van der Waals surface area contributed by atoms with Gasteiger partial charge in [-0.1, -0.05) is 18.2 Å². The van der Waals surface area contributed by atoms with Crippen LogP contribution in [0.5, 0.6) is 0 Å². The van der Waals surface area contributed by atoms with E-state index < -0.39 is 19.9 Å². The lowest BCUT2D eigenvalue weighted by atomic mass is 10.1. The molecule has 8 nitrogen and oxygen atoms in total. The predicted molar refractivity (Wildman–Crippen MR) is 128 cm³/mol. The van der Waals surface area contributed by atoms with Gasteiger partial charge in [0.25, 0.3) is 15.9 Å². The molecular weight excluding hydrogens is 462 g/mol. The summed E-state index contributed by atoms with van der Waals surface area (Å²) in [5, 5.41) is 0. The summed E-state index contributed by atoms with van der Waals surface area (Å²) >= 11 is 0. The molecular formula is C23H29N3O5S2. The van der Waals surface area contributed by atoms with Crippen molar-refractivity contribution in [3.8, 4) is 0 Å². The molecule has 33 heavy (non-hydrogen) atoms. The van der Waals surface area contributed by atoms with Crippen molar-refractivity contribution in [1.82, 2.24) is 9.80 Å². The Morgan fingerprint density at radius 2 is 1.76 bits per heavy atom. The Bertz CT molecular complexity index is 1270. The zero-order valence-electron chi connectivity index (χ0n) is 18.8. The molecule has 10 heteroatoms. The van der Waals surface area contributed by atoms with Crippen molar-refractivity contribution < 1.29 is 21.6 Å². The lowest BCUT2D eigenvalue weighted by Crippen LogP contribution is -2.52. The monoisotopic (exact) mass is 491 g/mol. The molecule has 0 radical (unpaired) electrons. The van der Waals surface area contributed by atoms with Gasteiger partial charge in [0, 0.05) is 43.5 Å². The van der Waals surface area contributed by atoms with Gasteiger partial charge in [-0.3, -0.25) is 14.4 Å². The highest BCUT2D eigenvalue weighted by Crippen LogP contribution is 2.23. The summed E-state index contributed by atoms with van der Waals surface area (Å²) in [4.78, 5) is 17.1. The third-order valence-corrected chi connectivity index (χ3v) is 9.48. The lowest BCUT2D eigenvalue weighted by Gasteiger charge is -2.37. The molecule has 1 amide bonds. The van der Waals surface area contributed by atoms with Gasteiger partial charge < -0.3 is 4.90 Å². The third kappa shape index (κ3) is 5.39. The van der Waals surface area contributed by atoms with Crippen LogP contribution in [0.2, 0.25) is 0 Å². The van der Waals surface area contributed by atoms with E-state index in [1.54, 1.807) is 36.1 Å². The Balaban J connectivity index is 1.47. The molecule has 0 bridgehead atoms. The van der Waals surface area contributed by atoms with Gasteiger partial charge in [-0.25, -0.2) is 16.8 Å². The van der Waals surface area contributed by atoms with Crippen LogP contribution in [0, 0.1) is 13.8 Å². The van der Waals surface area contributed by atoms with E-state index in [1.165, 1.54) is 12.1 Å². The molecule has 1 atom stereocenters. The van der Waals surface area contributed by atoms with Gasteiger partial charge in [0.1, 0.15) is 0 Å². The smallest absolute Gasteiger partial charge is 0.261 e.